The second-order valence-corrected chi connectivity index (χ2v) is 9.28. The molecule has 0 spiro atoms. The van der Waals surface area contributed by atoms with E-state index in [1.165, 1.54) is 13.4 Å². The van der Waals surface area contributed by atoms with Crippen LogP contribution < -0.4 is 24.0 Å². The third kappa shape index (κ3) is 4.99. The molecule has 0 saturated heterocycles. The van der Waals surface area contributed by atoms with Crippen molar-refractivity contribution in [1.29, 1.82) is 0 Å². The molecule has 0 N–H and O–H groups in total. The van der Waals surface area contributed by atoms with Gasteiger partial charge in [0.1, 0.15) is 0 Å². The van der Waals surface area contributed by atoms with Gasteiger partial charge in [0.05, 0.1) is 12.2 Å². The van der Waals surface area contributed by atoms with Gasteiger partial charge in [-0.1, -0.05) is 20.8 Å². The van der Waals surface area contributed by atoms with Crippen LogP contribution in [0, 0.1) is 0 Å². The summed E-state index contributed by atoms with van der Waals surface area (Å²) in [5.41, 5.74) is 0. The van der Waals surface area contributed by atoms with Gasteiger partial charge in [0.15, 0.2) is 0 Å². The quantitative estimate of drug-likeness (QED) is 0.435. The number of ether oxygens (including phenoxy) is 1. The van der Waals surface area contributed by atoms with Gasteiger partial charge in [-0.15, -0.1) is 0 Å². The van der Waals surface area contributed by atoms with Gasteiger partial charge in [-0.2, -0.15) is 0 Å². The molecule has 3 nitrogen and oxygen atoms in total. The maximum absolute atomic E-state index is 10.8. The van der Waals surface area contributed by atoms with Gasteiger partial charge in [-0.05, 0) is 25.2 Å². The molecule has 0 aromatic rings. The van der Waals surface area contributed by atoms with E-state index >= 15 is 0 Å². The molecule has 0 aliphatic carbocycles. The molecule has 0 aromatic carbocycles. The monoisotopic (exact) mass is 210 g/mol. The fourth-order valence-electron chi connectivity index (χ4n) is 0.420. The Labute approximate surface area is 99.8 Å². The van der Waals surface area contributed by atoms with Gasteiger partial charge in [0.2, 0.25) is 8.32 Å². The molecule has 5 heteroatoms. The Morgan fingerprint density at radius 3 is 2.00 bits per heavy atom. The fourth-order valence-corrected chi connectivity index (χ4v) is 1.16. The molecule has 0 fully saturated rings. The average molecular weight is 210 g/mol. The SMILES string of the molecule is CO/C([O-])=C\O[Si](C)(C)C(C)(C)C.[Li+]. The van der Waals surface area contributed by atoms with Crippen LogP contribution in [0.15, 0.2) is 12.2 Å². The van der Waals surface area contributed by atoms with Crippen molar-refractivity contribution >= 4 is 8.32 Å². The van der Waals surface area contributed by atoms with Crippen molar-refractivity contribution in [2.75, 3.05) is 7.11 Å². The summed E-state index contributed by atoms with van der Waals surface area (Å²) in [6, 6.07) is 0. The largest absolute Gasteiger partial charge is 1.00 e. The van der Waals surface area contributed by atoms with Crippen LogP contribution in [0.2, 0.25) is 18.1 Å². The second-order valence-electron chi connectivity index (χ2n) is 4.52. The standard InChI is InChI=1S/C9H20O3Si.Li/c1-9(2,3)13(5,6)12-7-8(10)11-4;/h7,10H,1-6H3;/q;+1/p-1/b8-7-;. The van der Waals surface area contributed by atoms with Crippen LogP contribution in [0.1, 0.15) is 20.8 Å². The smallest absolute Gasteiger partial charge is 0.615 e. The summed E-state index contributed by atoms with van der Waals surface area (Å²) in [6.07, 6.45) is 1.18. The van der Waals surface area contributed by atoms with Crippen LogP contribution in [0.3, 0.4) is 0 Å². The summed E-state index contributed by atoms with van der Waals surface area (Å²) in [6.45, 7) is 10.5. The Bertz CT molecular complexity index is 197. The zero-order chi connectivity index (χ0) is 10.7. The summed E-state index contributed by atoms with van der Waals surface area (Å²) >= 11 is 0. The number of rotatable bonds is 3. The molecule has 0 aliphatic rings. The van der Waals surface area contributed by atoms with Crippen molar-refractivity contribution < 1.29 is 33.1 Å². The molecule has 0 unspecified atom stereocenters. The van der Waals surface area contributed by atoms with Gasteiger partial charge >= 0.3 is 18.9 Å². The molecular weight excluding hydrogens is 191 g/mol. The molecule has 0 atom stereocenters. The zero-order valence-electron chi connectivity index (χ0n) is 10.3. The Morgan fingerprint density at radius 2 is 1.71 bits per heavy atom. The summed E-state index contributed by atoms with van der Waals surface area (Å²) in [4.78, 5) is 0. The Balaban J connectivity index is 0. The molecular formula is C9H19LiO3Si. The van der Waals surface area contributed by atoms with Crippen molar-refractivity contribution in [3.8, 4) is 0 Å². The van der Waals surface area contributed by atoms with Crippen LogP contribution >= 0.6 is 0 Å². The minimum atomic E-state index is -1.84. The average Bonchev–Trinajstić information content (AvgIpc) is 1.98. The van der Waals surface area contributed by atoms with E-state index in [1.54, 1.807) is 0 Å². The van der Waals surface area contributed by atoms with Crippen molar-refractivity contribution in [1.82, 2.24) is 0 Å². The summed E-state index contributed by atoms with van der Waals surface area (Å²) < 4.78 is 9.95. The van der Waals surface area contributed by atoms with Crippen LogP contribution in [0.25, 0.3) is 0 Å². The molecule has 78 valence electrons. The molecule has 0 rings (SSSR count). The van der Waals surface area contributed by atoms with E-state index in [9.17, 15) is 5.11 Å². The minimum Gasteiger partial charge on any atom is -0.615 e. The molecule has 0 heterocycles. The van der Waals surface area contributed by atoms with Gasteiger partial charge in [-0.3, -0.25) is 0 Å². The molecule has 0 bridgehead atoms. The van der Waals surface area contributed by atoms with Gasteiger partial charge in [-0.25, -0.2) is 0 Å². The number of methoxy groups -OCH3 is 1. The van der Waals surface area contributed by atoms with Crippen molar-refractivity contribution in [3.05, 3.63) is 12.2 Å². The van der Waals surface area contributed by atoms with E-state index in [1.807, 2.05) is 0 Å². The van der Waals surface area contributed by atoms with Crippen LogP contribution in [0.5, 0.6) is 0 Å². The number of hydrogen-bond donors (Lipinski definition) is 0. The first-order valence-corrected chi connectivity index (χ1v) is 7.20. The fraction of sp³-hybridized carbons (Fsp3) is 0.778. The van der Waals surface area contributed by atoms with Crippen molar-refractivity contribution in [3.63, 3.8) is 0 Å². The van der Waals surface area contributed by atoms with E-state index in [2.05, 4.69) is 38.6 Å². The van der Waals surface area contributed by atoms with Crippen molar-refractivity contribution in [2.24, 2.45) is 0 Å². The van der Waals surface area contributed by atoms with Crippen LogP contribution in [-0.2, 0) is 9.16 Å². The third-order valence-electron chi connectivity index (χ3n) is 2.46. The van der Waals surface area contributed by atoms with E-state index in [4.69, 9.17) is 4.43 Å². The predicted octanol–water partition coefficient (Wildman–Crippen LogP) is -1.18. The Morgan fingerprint density at radius 1 is 1.29 bits per heavy atom. The first-order chi connectivity index (χ1) is 5.70. The molecule has 0 radical (unpaired) electrons. The maximum atomic E-state index is 10.8. The molecule has 0 aromatic heterocycles. The maximum Gasteiger partial charge on any atom is 1.00 e. The van der Waals surface area contributed by atoms with Crippen LogP contribution in [-0.4, -0.2) is 15.4 Å². The molecule has 0 amide bonds. The molecule has 14 heavy (non-hydrogen) atoms. The first-order valence-electron chi connectivity index (χ1n) is 4.29. The second kappa shape index (κ2) is 5.74. The molecule has 0 aliphatic heterocycles. The van der Waals surface area contributed by atoms with E-state index < -0.39 is 14.3 Å². The zero-order valence-corrected chi connectivity index (χ0v) is 11.3. The van der Waals surface area contributed by atoms with Gasteiger partial charge in [0.25, 0.3) is 0 Å². The van der Waals surface area contributed by atoms with E-state index in [0.29, 0.717) is 0 Å². The Kier molecular flexibility index (Phi) is 6.72. The van der Waals surface area contributed by atoms with Gasteiger partial charge in [0, 0.05) is 0 Å². The minimum absolute atomic E-state index is 0. The Hall–Kier alpha value is -0.0457. The van der Waals surface area contributed by atoms with E-state index in [0.717, 1.165) is 0 Å². The predicted molar refractivity (Wildman–Crippen MR) is 53.4 cm³/mol. The topological polar surface area (TPSA) is 41.5 Å². The first kappa shape index (κ1) is 16.4. The third-order valence-corrected chi connectivity index (χ3v) is 6.78. The number of hydrogen-bond acceptors (Lipinski definition) is 3. The molecule has 0 saturated carbocycles. The summed E-state index contributed by atoms with van der Waals surface area (Å²) in [5, 5.41) is 10.9. The van der Waals surface area contributed by atoms with Gasteiger partial charge < -0.3 is 14.3 Å². The normalized spacial score (nSPS) is 13.1. The summed E-state index contributed by atoms with van der Waals surface area (Å²) in [7, 11) is -0.499. The summed E-state index contributed by atoms with van der Waals surface area (Å²) in [5.74, 6) is -0.426. The van der Waals surface area contributed by atoms with Crippen LogP contribution in [0.4, 0.5) is 0 Å². The van der Waals surface area contributed by atoms with Crippen molar-refractivity contribution in [2.45, 2.75) is 38.9 Å². The van der Waals surface area contributed by atoms with E-state index in [-0.39, 0.29) is 23.9 Å².